The molecule has 0 saturated carbocycles. The number of quaternary nitrogens is 1. The molecule has 0 aliphatic heterocycles. The van der Waals surface area contributed by atoms with Crippen LogP contribution in [-0.4, -0.2) is 73.4 Å². The Hall–Kier alpha value is -1.80. The summed E-state index contributed by atoms with van der Waals surface area (Å²) in [4.78, 5) is 23.3. The highest BCUT2D eigenvalue weighted by Gasteiger charge is 2.27. The lowest BCUT2D eigenvalue weighted by molar-refractivity contribution is -0.870. The standard InChI is InChI=1S/C60H113N2O6P/c1-6-8-10-12-14-16-18-20-22-24-25-26-27-28-29-30-31-32-33-34-35-36-37-38-40-42-44-46-48-50-52-54-60(64)61-58(57-68-69(65,66)67-56-55-62(3,4)5)59(63)53-51-49-47-45-43-41-39-23-21-19-17-15-13-11-9-7-2/h18,20-21,23-25,43,45,51,53,58-59,63H,6-17,19,22,26-42,44,46-50,52,54-57H2,1-5H3,(H-,61,64,65,66)/p+1/b20-18-,23-21+,25-24-,45-43+,53-51+. The van der Waals surface area contributed by atoms with Gasteiger partial charge in [0.25, 0.3) is 0 Å². The third kappa shape index (κ3) is 53.8. The van der Waals surface area contributed by atoms with Gasteiger partial charge in [0.1, 0.15) is 13.2 Å². The van der Waals surface area contributed by atoms with Crippen molar-refractivity contribution in [3.05, 3.63) is 60.8 Å². The number of hydrogen-bond donors (Lipinski definition) is 3. The van der Waals surface area contributed by atoms with Crippen LogP contribution in [0.15, 0.2) is 60.8 Å². The monoisotopic (exact) mass is 990 g/mol. The van der Waals surface area contributed by atoms with Crippen LogP contribution in [0, 0.1) is 0 Å². The number of unbranched alkanes of at least 4 members (excludes halogenated alkanes) is 32. The fourth-order valence-electron chi connectivity index (χ4n) is 8.34. The van der Waals surface area contributed by atoms with Crippen LogP contribution in [0.25, 0.3) is 0 Å². The van der Waals surface area contributed by atoms with Crippen molar-refractivity contribution in [3.8, 4) is 0 Å². The highest BCUT2D eigenvalue weighted by Crippen LogP contribution is 2.43. The quantitative estimate of drug-likeness (QED) is 0.0243. The number of nitrogens with zero attached hydrogens (tertiary/aromatic N) is 1. The van der Waals surface area contributed by atoms with E-state index < -0.39 is 20.0 Å². The molecule has 0 aromatic rings. The summed E-state index contributed by atoms with van der Waals surface area (Å²) < 4.78 is 23.7. The van der Waals surface area contributed by atoms with E-state index in [1.54, 1.807) is 6.08 Å². The predicted octanol–water partition coefficient (Wildman–Crippen LogP) is 17.7. The van der Waals surface area contributed by atoms with Gasteiger partial charge in [-0.3, -0.25) is 13.8 Å². The molecule has 0 rings (SSSR count). The normalized spacial score (nSPS) is 14.4. The maximum atomic E-state index is 13.0. The Kier molecular flexibility index (Phi) is 49.8. The lowest BCUT2D eigenvalue weighted by atomic mass is 10.0. The van der Waals surface area contributed by atoms with Crippen molar-refractivity contribution in [1.82, 2.24) is 5.32 Å². The summed E-state index contributed by atoms with van der Waals surface area (Å²) in [6, 6.07) is -0.870. The molecule has 0 spiro atoms. The zero-order chi connectivity index (χ0) is 50.6. The third-order valence-corrected chi connectivity index (χ3v) is 13.9. The molecule has 0 aliphatic carbocycles. The second-order valence-electron chi connectivity index (χ2n) is 21.0. The third-order valence-electron chi connectivity index (χ3n) is 12.9. The van der Waals surface area contributed by atoms with E-state index in [1.807, 2.05) is 27.2 Å². The fraction of sp³-hybridized carbons (Fsp3) is 0.817. The summed E-state index contributed by atoms with van der Waals surface area (Å²) in [5.74, 6) is -0.189. The summed E-state index contributed by atoms with van der Waals surface area (Å²) in [5.41, 5.74) is 0. The maximum absolute atomic E-state index is 13.0. The zero-order valence-corrected chi connectivity index (χ0v) is 46.9. The van der Waals surface area contributed by atoms with Gasteiger partial charge in [0.15, 0.2) is 0 Å². The summed E-state index contributed by atoms with van der Waals surface area (Å²) in [6.07, 6.45) is 69.1. The SMILES string of the molecule is CCCCCCC/C=C\C/C=C\CCCCCCCCCCCCCCCCCCCCCC(=O)NC(COP(=O)(O)OCC[N+](C)(C)C)C(O)/C=C/CC/C=C/CC/C=C/CCCCCCCC. The molecule has 0 radical (unpaired) electrons. The molecule has 9 heteroatoms. The molecule has 3 unspecified atom stereocenters. The zero-order valence-electron chi connectivity index (χ0n) is 46.0. The van der Waals surface area contributed by atoms with E-state index in [1.165, 1.54) is 193 Å². The number of likely N-dealkylation sites (N-methyl/N-ethyl adjacent to an activating group) is 1. The second-order valence-corrected chi connectivity index (χ2v) is 22.4. The molecule has 69 heavy (non-hydrogen) atoms. The molecule has 0 bridgehead atoms. The first-order chi connectivity index (χ1) is 33.5. The maximum Gasteiger partial charge on any atom is 0.472 e. The van der Waals surface area contributed by atoms with Crippen molar-refractivity contribution in [2.45, 2.75) is 276 Å². The minimum Gasteiger partial charge on any atom is -0.387 e. The van der Waals surface area contributed by atoms with Crippen molar-refractivity contribution in [2.24, 2.45) is 0 Å². The summed E-state index contributed by atoms with van der Waals surface area (Å²) in [6.45, 7) is 4.78. The largest absolute Gasteiger partial charge is 0.472 e. The van der Waals surface area contributed by atoms with Crippen LogP contribution in [0.4, 0.5) is 0 Å². The number of aliphatic hydroxyl groups excluding tert-OH is 1. The smallest absolute Gasteiger partial charge is 0.387 e. The van der Waals surface area contributed by atoms with E-state index >= 15 is 0 Å². The first-order valence-electron chi connectivity index (χ1n) is 29.2. The van der Waals surface area contributed by atoms with E-state index in [0.29, 0.717) is 17.4 Å². The number of hydrogen-bond acceptors (Lipinski definition) is 5. The van der Waals surface area contributed by atoms with E-state index in [0.717, 1.165) is 51.4 Å². The Morgan fingerprint density at radius 2 is 0.841 bits per heavy atom. The molecule has 8 nitrogen and oxygen atoms in total. The van der Waals surface area contributed by atoms with Crippen molar-refractivity contribution < 1.29 is 32.9 Å². The van der Waals surface area contributed by atoms with E-state index in [4.69, 9.17) is 9.05 Å². The van der Waals surface area contributed by atoms with Crippen LogP contribution in [0.1, 0.15) is 264 Å². The van der Waals surface area contributed by atoms with Crippen LogP contribution in [-0.2, 0) is 18.4 Å². The van der Waals surface area contributed by atoms with Crippen LogP contribution in [0.2, 0.25) is 0 Å². The van der Waals surface area contributed by atoms with Gasteiger partial charge in [-0.1, -0.05) is 242 Å². The summed E-state index contributed by atoms with van der Waals surface area (Å²) >= 11 is 0. The Morgan fingerprint density at radius 1 is 0.493 bits per heavy atom. The van der Waals surface area contributed by atoms with E-state index in [9.17, 15) is 19.4 Å². The molecule has 0 aliphatic rings. The number of rotatable bonds is 53. The number of allylic oxidation sites excluding steroid dienone is 9. The number of phosphoric ester groups is 1. The molecule has 0 saturated heterocycles. The number of phosphoric acid groups is 1. The topological polar surface area (TPSA) is 105 Å². The molecule has 1 amide bonds. The van der Waals surface area contributed by atoms with Gasteiger partial charge < -0.3 is 19.8 Å². The van der Waals surface area contributed by atoms with Crippen LogP contribution in [0.3, 0.4) is 0 Å². The van der Waals surface area contributed by atoms with Gasteiger partial charge in [-0.15, -0.1) is 0 Å². The summed E-state index contributed by atoms with van der Waals surface area (Å²) in [7, 11) is 1.55. The number of aliphatic hydroxyl groups is 1. The molecule has 3 N–H and O–H groups in total. The van der Waals surface area contributed by atoms with Gasteiger partial charge in [-0.2, -0.15) is 0 Å². The van der Waals surface area contributed by atoms with Gasteiger partial charge in [0.05, 0.1) is 39.9 Å². The van der Waals surface area contributed by atoms with E-state index in [2.05, 4.69) is 67.8 Å². The number of carbonyl (C=O) groups excluding carboxylic acids is 1. The van der Waals surface area contributed by atoms with Crippen LogP contribution in [0.5, 0.6) is 0 Å². The average molecular weight is 991 g/mol. The molecular weight excluding hydrogens is 876 g/mol. The van der Waals surface area contributed by atoms with Crippen LogP contribution >= 0.6 is 7.82 Å². The molecule has 0 heterocycles. The molecule has 0 aromatic carbocycles. The number of amides is 1. The predicted molar refractivity (Wildman–Crippen MR) is 300 cm³/mol. The average Bonchev–Trinajstić information content (AvgIpc) is 3.31. The van der Waals surface area contributed by atoms with Crippen LogP contribution < -0.4 is 5.32 Å². The van der Waals surface area contributed by atoms with Gasteiger partial charge in [0, 0.05) is 6.42 Å². The Balaban J connectivity index is 4.12. The first kappa shape index (κ1) is 67.2. The Labute approximate surface area is 428 Å². The molecule has 3 atom stereocenters. The van der Waals surface area contributed by atoms with Gasteiger partial charge >= 0.3 is 7.82 Å². The lowest BCUT2D eigenvalue weighted by Crippen LogP contribution is -2.45. The fourth-order valence-corrected chi connectivity index (χ4v) is 9.08. The Morgan fingerprint density at radius 3 is 1.25 bits per heavy atom. The van der Waals surface area contributed by atoms with Gasteiger partial charge in [-0.25, -0.2) is 4.57 Å². The second kappa shape index (κ2) is 51.1. The number of nitrogens with one attached hydrogen (secondary N) is 1. The van der Waals surface area contributed by atoms with Gasteiger partial charge in [0.2, 0.25) is 5.91 Å². The minimum absolute atomic E-state index is 0.0531. The van der Waals surface area contributed by atoms with Crippen molar-refractivity contribution in [3.63, 3.8) is 0 Å². The van der Waals surface area contributed by atoms with Crippen molar-refractivity contribution in [2.75, 3.05) is 40.9 Å². The summed E-state index contributed by atoms with van der Waals surface area (Å²) in [5, 5.41) is 13.9. The molecular formula is C60H114N2O6P+. The number of carbonyl (C=O) groups is 1. The van der Waals surface area contributed by atoms with Gasteiger partial charge in [-0.05, 0) is 77.0 Å². The molecule has 0 fully saturated rings. The lowest BCUT2D eigenvalue weighted by Gasteiger charge is -2.25. The molecule has 404 valence electrons. The Bertz CT molecular complexity index is 1310. The first-order valence-corrected chi connectivity index (χ1v) is 30.7. The van der Waals surface area contributed by atoms with E-state index in [-0.39, 0.29) is 19.1 Å². The highest BCUT2D eigenvalue weighted by atomic mass is 31.2. The van der Waals surface area contributed by atoms with Crippen molar-refractivity contribution >= 4 is 13.7 Å². The minimum atomic E-state index is -4.36. The molecule has 0 aromatic heterocycles. The highest BCUT2D eigenvalue weighted by molar-refractivity contribution is 7.47. The van der Waals surface area contributed by atoms with Crippen molar-refractivity contribution in [1.29, 1.82) is 0 Å².